The summed E-state index contributed by atoms with van der Waals surface area (Å²) in [4.78, 5) is 12.2. The van der Waals surface area contributed by atoms with Crippen LogP contribution in [0.1, 0.15) is 5.56 Å². The summed E-state index contributed by atoms with van der Waals surface area (Å²) >= 11 is 0. The van der Waals surface area contributed by atoms with Crippen molar-refractivity contribution < 1.29 is 19.3 Å². The molecular formula is C19H27NO5Si. The molecule has 0 saturated carbocycles. The number of benzene rings is 1. The zero-order chi connectivity index (χ0) is 19.2. The van der Waals surface area contributed by atoms with Crippen LogP contribution in [0.25, 0.3) is 5.69 Å². The average Bonchev–Trinajstić information content (AvgIpc) is 2.60. The Kier molecular flexibility index (Phi) is 7.02. The van der Waals surface area contributed by atoms with E-state index in [2.05, 4.69) is 19.6 Å². The molecule has 7 heteroatoms. The molecule has 0 atom stereocenters. The topological polar surface area (TPSA) is 69.9 Å². The minimum absolute atomic E-state index is 0.158. The number of aromatic nitrogens is 1. The molecular weight excluding hydrogens is 350 g/mol. The maximum Gasteiger partial charge on any atom is 0.255 e. The van der Waals surface area contributed by atoms with Crippen LogP contribution in [-0.4, -0.2) is 38.3 Å². The van der Waals surface area contributed by atoms with Crippen molar-refractivity contribution in [1.82, 2.24) is 4.57 Å². The van der Waals surface area contributed by atoms with Gasteiger partial charge in [-0.15, -0.1) is 0 Å². The van der Waals surface area contributed by atoms with Crippen molar-refractivity contribution in [1.29, 1.82) is 0 Å². The van der Waals surface area contributed by atoms with Gasteiger partial charge in [-0.2, -0.15) is 0 Å². The molecule has 1 aromatic carbocycles. The Morgan fingerprint density at radius 2 is 1.88 bits per heavy atom. The summed E-state index contributed by atoms with van der Waals surface area (Å²) in [7, 11) is 0.436. The van der Waals surface area contributed by atoms with E-state index in [0.29, 0.717) is 29.4 Å². The van der Waals surface area contributed by atoms with Gasteiger partial charge in [-0.1, -0.05) is 19.6 Å². The molecule has 2 aromatic rings. The fourth-order valence-electron chi connectivity index (χ4n) is 2.30. The van der Waals surface area contributed by atoms with Crippen LogP contribution in [0, 0.1) is 0 Å². The summed E-state index contributed by atoms with van der Waals surface area (Å²) in [6, 6.07) is 9.45. The Balaban J connectivity index is 2.06. The van der Waals surface area contributed by atoms with Gasteiger partial charge in [0.15, 0.2) is 18.3 Å². The van der Waals surface area contributed by atoms with Gasteiger partial charge in [0.25, 0.3) is 5.56 Å². The molecule has 0 unspecified atom stereocenters. The molecule has 0 radical (unpaired) electrons. The van der Waals surface area contributed by atoms with Crippen molar-refractivity contribution >= 4 is 8.07 Å². The molecule has 1 heterocycles. The monoisotopic (exact) mass is 377 g/mol. The van der Waals surface area contributed by atoms with Gasteiger partial charge in [0.05, 0.1) is 19.4 Å². The average molecular weight is 378 g/mol. The molecule has 0 spiro atoms. The highest BCUT2D eigenvalue weighted by Gasteiger charge is 2.12. The second-order valence-electron chi connectivity index (χ2n) is 7.22. The Morgan fingerprint density at radius 1 is 1.12 bits per heavy atom. The number of methoxy groups -OCH3 is 1. The molecule has 6 nitrogen and oxygen atoms in total. The van der Waals surface area contributed by atoms with Crippen molar-refractivity contribution in [3.05, 3.63) is 52.4 Å². The van der Waals surface area contributed by atoms with Crippen LogP contribution in [0.2, 0.25) is 25.7 Å². The van der Waals surface area contributed by atoms with Crippen LogP contribution in [-0.2, 0) is 11.3 Å². The van der Waals surface area contributed by atoms with Crippen LogP contribution >= 0.6 is 0 Å². The van der Waals surface area contributed by atoms with Crippen LogP contribution < -0.4 is 15.0 Å². The molecule has 0 saturated heterocycles. The number of pyridine rings is 1. The van der Waals surface area contributed by atoms with E-state index in [1.807, 2.05) is 0 Å². The summed E-state index contributed by atoms with van der Waals surface area (Å²) in [6.45, 7) is 7.58. The maximum absolute atomic E-state index is 12.2. The molecule has 0 fully saturated rings. The normalized spacial score (nSPS) is 11.4. The highest BCUT2D eigenvalue weighted by Crippen LogP contribution is 2.29. The highest BCUT2D eigenvalue weighted by atomic mass is 28.3. The molecule has 0 aliphatic carbocycles. The van der Waals surface area contributed by atoms with Crippen molar-refractivity contribution in [3.8, 4) is 17.2 Å². The van der Waals surface area contributed by atoms with Crippen LogP contribution in [0.3, 0.4) is 0 Å². The maximum atomic E-state index is 12.2. The summed E-state index contributed by atoms with van der Waals surface area (Å²) in [5, 5.41) is 9.11. The molecule has 26 heavy (non-hydrogen) atoms. The third-order valence-corrected chi connectivity index (χ3v) is 5.59. The fourth-order valence-corrected chi connectivity index (χ4v) is 3.06. The third-order valence-electron chi connectivity index (χ3n) is 3.89. The van der Waals surface area contributed by atoms with Crippen molar-refractivity contribution in [2.24, 2.45) is 0 Å². The van der Waals surface area contributed by atoms with Crippen LogP contribution in [0.4, 0.5) is 0 Å². The van der Waals surface area contributed by atoms with E-state index in [1.165, 1.54) is 10.6 Å². The van der Waals surface area contributed by atoms with Gasteiger partial charge in [0.1, 0.15) is 0 Å². The largest absolute Gasteiger partial charge is 0.493 e. The predicted octanol–water partition coefficient (Wildman–Crippen LogP) is 3.03. The summed E-state index contributed by atoms with van der Waals surface area (Å²) in [5.41, 5.74) is 1.01. The molecule has 1 N–H and O–H groups in total. The first-order valence-corrected chi connectivity index (χ1v) is 12.3. The minimum Gasteiger partial charge on any atom is -0.493 e. The van der Waals surface area contributed by atoms with Crippen molar-refractivity contribution in [2.45, 2.75) is 32.3 Å². The van der Waals surface area contributed by atoms with Gasteiger partial charge in [-0.25, -0.2) is 0 Å². The number of hydrogen-bond acceptors (Lipinski definition) is 5. The first-order valence-electron chi connectivity index (χ1n) is 8.55. The molecule has 0 amide bonds. The predicted molar refractivity (Wildman–Crippen MR) is 104 cm³/mol. The van der Waals surface area contributed by atoms with E-state index in [-0.39, 0.29) is 19.0 Å². The minimum atomic E-state index is -1.11. The summed E-state index contributed by atoms with van der Waals surface area (Å²) in [5.74, 6) is 1.08. The smallest absolute Gasteiger partial charge is 0.255 e. The van der Waals surface area contributed by atoms with Gasteiger partial charge in [0.2, 0.25) is 0 Å². The third kappa shape index (κ3) is 5.72. The first-order chi connectivity index (χ1) is 12.3. The zero-order valence-electron chi connectivity index (χ0n) is 15.8. The van der Waals surface area contributed by atoms with Gasteiger partial charge in [0, 0.05) is 33.0 Å². The molecule has 142 valence electrons. The number of ether oxygens (including phenoxy) is 3. The van der Waals surface area contributed by atoms with Crippen molar-refractivity contribution in [3.63, 3.8) is 0 Å². The zero-order valence-corrected chi connectivity index (χ0v) is 16.8. The molecule has 0 aliphatic heterocycles. The van der Waals surface area contributed by atoms with E-state index in [4.69, 9.17) is 19.3 Å². The van der Waals surface area contributed by atoms with Gasteiger partial charge in [-0.3, -0.25) is 9.36 Å². The summed E-state index contributed by atoms with van der Waals surface area (Å²) < 4.78 is 18.1. The molecule has 1 aromatic heterocycles. The number of aliphatic hydroxyl groups is 1. The van der Waals surface area contributed by atoms with E-state index in [0.717, 1.165) is 6.04 Å². The molecule has 0 bridgehead atoms. The SMILES string of the molecule is COc1cc(-n2ccc(CO)cc2=O)ccc1OCOCC[Si](C)(C)C. The highest BCUT2D eigenvalue weighted by molar-refractivity contribution is 6.76. The Labute approximate surface area is 155 Å². The lowest BCUT2D eigenvalue weighted by molar-refractivity contribution is 0.0205. The number of nitrogens with zero attached hydrogens (tertiary/aromatic N) is 1. The van der Waals surface area contributed by atoms with Crippen molar-refractivity contribution in [2.75, 3.05) is 20.5 Å². The quantitative estimate of drug-likeness (QED) is 0.413. The van der Waals surface area contributed by atoms with Gasteiger partial charge >= 0.3 is 0 Å². The second kappa shape index (κ2) is 9.02. The van der Waals surface area contributed by atoms with E-state index in [9.17, 15) is 4.79 Å². The standard InChI is InChI=1S/C19H27NO5Si/c1-23-18-12-16(20-8-7-15(13-21)11-19(20)22)5-6-17(18)25-14-24-9-10-26(2,3)4/h5-8,11-12,21H,9-10,13-14H2,1-4H3. The van der Waals surface area contributed by atoms with Crippen LogP contribution in [0.5, 0.6) is 11.5 Å². The van der Waals surface area contributed by atoms with E-state index < -0.39 is 8.07 Å². The van der Waals surface area contributed by atoms with Gasteiger partial charge < -0.3 is 19.3 Å². The molecule has 0 aliphatic rings. The second-order valence-corrected chi connectivity index (χ2v) is 12.8. The van der Waals surface area contributed by atoms with Crippen LogP contribution in [0.15, 0.2) is 41.3 Å². The Hall–Kier alpha value is -2.09. The Morgan fingerprint density at radius 3 is 2.50 bits per heavy atom. The van der Waals surface area contributed by atoms with Gasteiger partial charge in [-0.05, 0) is 29.8 Å². The van der Waals surface area contributed by atoms with E-state index in [1.54, 1.807) is 37.6 Å². The van der Waals surface area contributed by atoms with E-state index >= 15 is 0 Å². The first kappa shape index (κ1) is 20.2. The molecule has 2 rings (SSSR count). The Bertz CT molecular complexity index is 782. The fraction of sp³-hybridized carbons (Fsp3) is 0.421. The number of rotatable bonds is 9. The lowest BCUT2D eigenvalue weighted by Crippen LogP contribution is -2.22. The lowest BCUT2D eigenvalue weighted by Gasteiger charge is -2.16. The summed E-state index contributed by atoms with van der Waals surface area (Å²) in [6.07, 6.45) is 1.63. The number of hydrogen-bond donors (Lipinski definition) is 1. The number of aliphatic hydroxyl groups excluding tert-OH is 1. The lowest BCUT2D eigenvalue weighted by atomic mass is 10.2.